The molecule has 120 valence electrons. The first-order chi connectivity index (χ1) is 11.2. The molecule has 0 bridgehead atoms. The van der Waals surface area contributed by atoms with Gasteiger partial charge in [0.1, 0.15) is 11.6 Å². The number of hydrogen-bond acceptors (Lipinski definition) is 4. The van der Waals surface area contributed by atoms with E-state index in [4.69, 9.17) is 4.74 Å². The molecule has 1 N–H and O–H groups in total. The van der Waals surface area contributed by atoms with Crippen molar-refractivity contribution in [3.8, 4) is 5.75 Å². The third-order valence-electron chi connectivity index (χ3n) is 3.50. The number of amidine groups is 1. The summed E-state index contributed by atoms with van der Waals surface area (Å²) in [5, 5.41) is 0. The van der Waals surface area contributed by atoms with Gasteiger partial charge < -0.3 is 4.74 Å². The Labute approximate surface area is 136 Å². The minimum Gasteiger partial charge on any atom is -0.494 e. The smallest absolute Gasteiger partial charge is 0.263 e. The van der Waals surface area contributed by atoms with Crippen molar-refractivity contribution in [1.29, 1.82) is 0 Å². The van der Waals surface area contributed by atoms with Crippen molar-refractivity contribution in [2.24, 2.45) is 4.99 Å². The fourth-order valence-corrected chi connectivity index (χ4v) is 3.61. The topological polar surface area (TPSA) is 67.8 Å². The molecule has 0 saturated heterocycles. The lowest BCUT2D eigenvalue weighted by molar-refractivity contribution is 0.308. The standard InChI is InChI=1S/C17H18N2O3S/c20-23(21)16-11-5-4-10-15(16)17(19-23)18-12-6-7-13-22-14-8-2-1-3-9-14/h1-5,8-11H,6-7,12-13H2,(H,18,19). The van der Waals surface area contributed by atoms with Crippen LogP contribution >= 0.6 is 0 Å². The second-order valence-electron chi connectivity index (χ2n) is 5.20. The number of rotatable bonds is 6. The van der Waals surface area contributed by atoms with Gasteiger partial charge in [0.25, 0.3) is 10.0 Å². The lowest BCUT2D eigenvalue weighted by Gasteiger charge is -2.05. The first-order valence-electron chi connectivity index (χ1n) is 7.51. The second-order valence-corrected chi connectivity index (χ2v) is 6.85. The number of para-hydroxylation sites is 1. The average molecular weight is 330 g/mol. The first-order valence-corrected chi connectivity index (χ1v) is 9.00. The Morgan fingerprint density at radius 1 is 0.957 bits per heavy atom. The van der Waals surface area contributed by atoms with Crippen LogP contribution in [0.1, 0.15) is 18.4 Å². The molecule has 5 nitrogen and oxygen atoms in total. The van der Waals surface area contributed by atoms with E-state index in [0.29, 0.717) is 29.4 Å². The van der Waals surface area contributed by atoms with E-state index in [9.17, 15) is 8.42 Å². The largest absolute Gasteiger partial charge is 0.494 e. The van der Waals surface area contributed by atoms with E-state index < -0.39 is 10.0 Å². The van der Waals surface area contributed by atoms with Gasteiger partial charge in [-0.25, -0.2) is 8.42 Å². The van der Waals surface area contributed by atoms with Gasteiger partial charge in [0.15, 0.2) is 0 Å². The highest BCUT2D eigenvalue weighted by molar-refractivity contribution is 7.90. The Balaban J connectivity index is 1.50. The minimum atomic E-state index is -3.44. The van der Waals surface area contributed by atoms with Crippen LogP contribution in [-0.2, 0) is 10.0 Å². The first kappa shape index (κ1) is 15.6. The molecule has 2 aromatic carbocycles. The van der Waals surface area contributed by atoms with Crippen molar-refractivity contribution >= 4 is 15.9 Å². The molecular formula is C17H18N2O3S. The molecule has 0 saturated carbocycles. The summed E-state index contributed by atoms with van der Waals surface area (Å²) in [4.78, 5) is 4.67. The Kier molecular flexibility index (Phi) is 4.62. The lowest BCUT2D eigenvalue weighted by Crippen LogP contribution is -2.22. The van der Waals surface area contributed by atoms with Gasteiger partial charge in [0.05, 0.1) is 11.5 Å². The molecule has 3 rings (SSSR count). The Morgan fingerprint density at radius 3 is 2.52 bits per heavy atom. The molecule has 0 aromatic heterocycles. The number of nitrogens with zero attached hydrogens (tertiary/aromatic N) is 1. The van der Waals surface area contributed by atoms with E-state index in [1.165, 1.54) is 0 Å². The molecule has 0 amide bonds. The van der Waals surface area contributed by atoms with Gasteiger partial charge in [-0.2, -0.15) is 0 Å². The fourth-order valence-electron chi connectivity index (χ4n) is 2.36. The summed E-state index contributed by atoms with van der Waals surface area (Å²) in [5.41, 5.74) is 0.646. The Morgan fingerprint density at radius 2 is 1.70 bits per heavy atom. The molecule has 0 unspecified atom stereocenters. The van der Waals surface area contributed by atoms with Crippen LogP contribution in [0.4, 0.5) is 0 Å². The summed E-state index contributed by atoms with van der Waals surface area (Å²) in [7, 11) is -3.44. The number of fused-ring (bicyclic) bond motifs is 1. The molecule has 23 heavy (non-hydrogen) atoms. The summed E-state index contributed by atoms with van der Waals surface area (Å²) < 4.78 is 32.0. The van der Waals surface area contributed by atoms with Gasteiger partial charge in [-0.15, -0.1) is 0 Å². The van der Waals surface area contributed by atoms with Crippen LogP contribution in [0.15, 0.2) is 64.5 Å². The summed E-state index contributed by atoms with van der Waals surface area (Å²) in [6.45, 7) is 1.18. The number of benzene rings is 2. The monoisotopic (exact) mass is 330 g/mol. The summed E-state index contributed by atoms with van der Waals surface area (Å²) in [6, 6.07) is 16.5. The van der Waals surface area contributed by atoms with Crippen LogP contribution in [0.3, 0.4) is 0 Å². The van der Waals surface area contributed by atoms with Crippen LogP contribution in [0, 0.1) is 0 Å². The zero-order valence-electron chi connectivity index (χ0n) is 12.6. The normalized spacial score (nSPS) is 16.8. The van der Waals surface area contributed by atoms with Crippen LogP contribution in [0.5, 0.6) is 5.75 Å². The van der Waals surface area contributed by atoms with Crippen molar-refractivity contribution in [3.63, 3.8) is 0 Å². The fraction of sp³-hybridized carbons (Fsp3) is 0.235. The summed E-state index contributed by atoms with van der Waals surface area (Å²) in [5.74, 6) is 1.29. The number of aliphatic imine (C=N–C) groups is 1. The molecule has 0 fully saturated rings. The maximum absolute atomic E-state index is 11.9. The molecule has 1 aliphatic heterocycles. The van der Waals surface area contributed by atoms with Crippen molar-refractivity contribution < 1.29 is 13.2 Å². The number of hydrogen-bond donors (Lipinski definition) is 1. The highest BCUT2D eigenvalue weighted by Gasteiger charge is 2.29. The number of sulfonamides is 1. The highest BCUT2D eigenvalue weighted by Crippen LogP contribution is 2.22. The predicted molar refractivity (Wildman–Crippen MR) is 89.3 cm³/mol. The molecule has 0 aliphatic carbocycles. The van der Waals surface area contributed by atoms with Gasteiger partial charge in [-0.3, -0.25) is 9.71 Å². The maximum Gasteiger partial charge on any atom is 0.263 e. The van der Waals surface area contributed by atoms with Gasteiger partial charge in [-0.05, 0) is 37.1 Å². The quantitative estimate of drug-likeness (QED) is 0.828. The molecule has 0 spiro atoms. The number of nitrogens with one attached hydrogen (secondary N) is 1. The zero-order chi connectivity index (χ0) is 16.1. The predicted octanol–water partition coefficient (Wildman–Crippen LogP) is 2.58. The third-order valence-corrected chi connectivity index (χ3v) is 4.89. The average Bonchev–Trinajstić information content (AvgIpc) is 2.83. The molecule has 2 aromatic rings. The van der Waals surface area contributed by atoms with Crippen molar-refractivity contribution in [1.82, 2.24) is 4.72 Å². The zero-order valence-corrected chi connectivity index (χ0v) is 13.4. The summed E-state index contributed by atoms with van der Waals surface area (Å²) >= 11 is 0. The molecule has 1 aliphatic rings. The van der Waals surface area contributed by atoms with Crippen LogP contribution in [0.25, 0.3) is 0 Å². The molecule has 0 radical (unpaired) electrons. The third kappa shape index (κ3) is 3.71. The van der Waals surface area contributed by atoms with E-state index in [2.05, 4.69) is 9.71 Å². The molecular weight excluding hydrogens is 312 g/mol. The SMILES string of the molecule is O=S1(=O)NC(=NCCCCOc2ccccc2)c2ccccc21. The molecule has 1 heterocycles. The van der Waals surface area contributed by atoms with Crippen molar-refractivity contribution in [3.05, 3.63) is 60.2 Å². The van der Waals surface area contributed by atoms with E-state index in [1.807, 2.05) is 36.4 Å². The van der Waals surface area contributed by atoms with Gasteiger partial charge in [0.2, 0.25) is 0 Å². The maximum atomic E-state index is 11.9. The molecule has 0 atom stereocenters. The Hall–Kier alpha value is -2.34. The number of ether oxygens (including phenoxy) is 1. The minimum absolute atomic E-state index is 0.297. The van der Waals surface area contributed by atoms with Crippen LogP contribution in [0.2, 0.25) is 0 Å². The lowest BCUT2D eigenvalue weighted by atomic mass is 10.2. The van der Waals surface area contributed by atoms with Crippen molar-refractivity contribution in [2.45, 2.75) is 17.7 Å². The second kappa shape index (κ2) is 6.83. The van der Waals surface area contributed by atoms with Crippen LogP contribution in [-0.4, -0.2) is 27.4 Å². The molecule has 6 heteroatoms. The van der Waals surface area contributed by atoms with E-state index in [0.717, 1.165) is 18.6 Å². The highest BCUT2D eigenvalue weighted by atomic mass is 32.2. The van der Waals surface area contributed by atoms with Gasteiger partial charge >= 0.3 is 0 Å². The summed E-state index contributed by atoms with van der Waals surface area (Å²) in [6.07, 6.45) is 1.69. The van der Waals surface area contributed by atoms with Gasteiger partial charge in [-0.1, -0.05) is 30.3 Å². The van der Waals surface area contributed by atoms with E-state index >= 15 is 0 Å². The van der Waals surface area contributed by atoms with E-state index in [1.54, 1.807) is 18.2 Å². The van der Waals surface area contributed by atoms with E-state index in [-0.39, 0.29) is 0 Å². The van der Waals surface area contributed by atoms with Crippen LogP contribution < -0.4 is 9.46 Å². The number of unbranched alkanes of at least 4 members (excludes halogenated alkanes) is 1. The van der Waals surface area contributed by atoms with Gasteiger partial charge in [0, 0.05) is 12.1 Å². The van der Waals surface area contributed by atoms with Crippen molar-refractivity contribution in [2.75, 3.05) is 13.2 Å². The Bertz CT molecular complexity index is 802.